The number of nitrogens with one attached hydrogen (secondary N) is 1. The Bertz CT molecular complexity index is 1210. The zero-order valence-corrected chi connectivity index (χ0v) is 20.6. The van der Waals surface area contributed by atoms with E-state index in [1.807, 2.05) is 29.7 Å². The number of thiophene rings is 1. The third-order valence-electron chi connectivity index (χ3n) is 4.58. The molecule has 3 aromatic rings. The number of aromatic nitrogens is 3. The lowest BCUT2D eigenvalue weighted by molar-refractivity contribution is -0.113. The summed E-state index contributed by atoms with van der Waals surface area (Å²) in [6, 6.07) is 7.32. The predicted molar refractivity (Wildman–Crippen MR) is 129 cm³/mol. The van der Waals surface area contributed by atoms with Crippen molar-refractivity contribution in [1.82, 2.24) is 14.8 Å². The third kappa shape index (κ3) is 5.37. The maximum atomic E-state index is 12.7. The van der Waals surface area contributed by atoms with E-state index in [-0.39, 0.29) is 33.7 Å². The molecule has 0 spiro atoms. The lowest BCUT2D eigenvalue weighted by Crippen LogP contribution is -2.17. The van der Waals surface area contributed by atoms with Crippen LogP contribution in [0.1, 0.15) is 39.4 Å². The van der Waals surface area contributed by atoms with Gasteiger partial charge in [-0.05, 0) is 38.5 Å². The molecule has 2 aromatic heterocycles. The SMILES string of the molecule is CCOC(=O)c1c(NC(=O)CSc2nnc(-c3ccccc3Cl)n2CC)sc(C(N)=O)c1C. The molecule has 0 radical (unpaired) electrons. The van der Waals surface area contributed by atoms with Crippen molar-refractivity contribution >= 4 is 57.5 Å². The molecule has 0 aliphatic heterocycles. The van der Waals surface area contributed by atoms with E-state index in [0.29, 0.717) is 28.1 Å². The van der Waals surface area contributed by atoms with Crippen LogP contribution >= 0.6 is 34.7 Å². The first-order chi connectivity index (χ1) is 15.8. The number of hydrogen-bond acceptors (Lipinski definition) is 8. The summed E-state index contributed by atoms with van der Waals surface area (Å²) < 4.78 is 6.93. The first-order valence-electron chi connectivity index (χ1n) is 9.99. The zero-order chi connectivity index (χ0) is 24.1. The van der Waals surface area contributed by atoms with Crippen LogP contribution in [0.5, 0.6) is 0 Å². The summed E-state index contributed by atoms with van der Waals surface area (Å²) in [5, 5.41) is 12.5. The second kappa shape index (κ2) is 10.8. The highest BCUT2D eigenvalue weighted by Gasteiger charge is 2.26. The van der Waals surface area contributed by atoms with Crippen molar-refractivity contribution in [2.24, 2.45) is 5.73 Å². The Morgan fingerprint density at radius 1 is 1.24 bits per heavy atom. The maximum Gasteiger partial charge on any atom is 0.341 e. The number of primary amides is 1. The molecule has 174 valence electrons. The minimum Gasteiger partial charge on any atom is -0.462 e. The number of thioether (sulfide) groups is 1. The molecule has 33 heavy (non-hydrogen) atoms. The van der Waals surface area contributed by atoms with Gasteiger partial charge in [0.2, 0.25) is 5.91 Å². The van der Waals surface area contributed by atoms with Gasteiger partial charge < -0.3 is 20.4 Å². The van der Waals surface area contributed by atoms with Gasteiger partial charge in [0, 0.05) is 12.1 Å². The monoisotopic (exact) mass is 507 g/mol. The molecule has 2 amide bonds. The van der Waals surface area contributed by atoms with E-state index in [1.54, 1.807) is 19.9 Å². The number of hydrogen-bond donors (Lipinski definition) is 2. The largest absolute Gasteiger partial charge is 0.462 e. The number of carbonyl (C=O) groups excluding carboxylic acids is 3. The molecule has 3 rings (SSSR count). The number of halogens is 1. The van der Waals surface area contributed by atoms with Gasteiger partial charge in [-0.1, -0.05) is 35.5 Å². The Balaban J connectivity index is 1.78. The molecule has 0 saturated carbocycles. The predicted octanol–water partition coefficient (Wildman–Crippen LogP) is 3.99. The van der Waals surface area contributed by atoms with Crippen LogP contribution in [0.15, 0.2) is 29.4 Å². The fourth-order valence-corrected chi connectivity index (χ4v) is 5.19. The maximum absolute atomic E-state index is 12.7. The average molecular weight is 508 g/mol. The van der Waals surface area contributed by atoms with Crippen molar-refractivity contribution in [2.75, 3.05) is 17.7 Å². The van der Waals surface area contributed by atoms with Crippen molar-refractivity contribution in [1.29, 1.82) is 0 Å². The number of amides is 2. The topological polar surface area (TPSA) is 129 Å². The highest BCUT2D eigenvalue weighted by molar-refractivity contribution is 7.99. The van der Waals surface area contributed by atoms with Crippen molar-refractivity contribution in [2.45, 2.75) is 32.5 Å². The van der Waals surface area contributed by atoms with Gasteiger partial charge in [0.15, 0.2) is 11.0 Å². The Labute approximate surface area is 203 Å². The number of carbonyl (C=O) groups is 3. The normalized spacial score (nSPS) is 10.8. The van der Waals surface area contributed by atoms with Crippen molar-refractivity contribution in [3.8, 4) is 11.4 Å². The first kappa shape index (κ1) is 24.7. The molecular formula is C21H22ClN5O4S2. The van der Waals surface area contributed by atoms with Crippen molar-refractivity contribution < 1.29 is 19.1 Å². The zero-order valence-electron chi connectivity index (χ0n) is 18.2. The van der Waals surface area contributed by atoms with E-state index in [4.69, 9.17) is 22.1 Å². The number of nitrogens with zero attached hydrogens (tertiary/aromatic N) is 3. The van der Waals surface area contributed by atoms with Crippen LogP contribution in [-0.2, 0) is 16.1 Å². The smallest absolute Gasteiger partial charge is 0.341 e. The van der Waals surface area contributed by atoms with Gasteiger partial charge in [-0.2, -0.15) is 0 Å². The molecule has 0 aliphatic rings. The van der Waals surface area contributed by atoms with E-state index in [2.05, 4.69) is 15.5 Å². The fraction of sp³-hybridized carbons (Fsp3) is 0.286. The summed E-state index contributed by atoms with van der Waals surface area (Å²) in [6.07, 6.45) is 0. The lowest BCUT2D eigenvalue weighted by atomic mass is 10.1. The van der Waals surface area contributed by atoms with Gasteiger partial charge >= 0.3 is 5.97 Å². The minimum atomic E-state index is -0.680. The summed E-state index contributed by atoms with van der Waals surface area (Å²) in [4.78, 5) is 36.9. The minimum absolute atomic E-state index is 0.00573. The van der Waals surface area contributed by atoms with Gasteiger partial charge in [-0.15, -0.1) is 21.5 Å². The van der Waals surface area contributed by atoms with E-state index in [9.17, 15) is 14.4 Å². The summed E-state index contributed by atoms with van der Waals surface area (Å²) in [5.74, 6) is -1.08. The molecule has 12 heteroatoms. The average Bonchev–Trinajstić information content (AvgIpc) is 3.33. The van der Waals surface area contributed by atoms with Crippen LogP contribution in [-0.4, -0.2) is 44.9 Å². The Morgan fingerprint density at radius 3 is 2.61 bits per heavy atom. The van der Waals surface area contributed by atoms with E-state index >= 15 is 0 Å². The van der Waals surface area contributed by atoms with E-state index in [1.165, 1.54) is 11.8 Å². The first-order valence-corrected chi connectivity index (χ1v) is 12.2. The number of ether oxygens (including phenoxy) is 1. The van der Waals surface area contributed by atoms with Gasteiger partial charge in [0.05, 0.1) is 27.8 Å². The Hall–Kier alpha value is -2.89. The summed E-state index contributed by atoms with van der Waals surface area (Å²) in [6.45, 7) is 5.94. The second-order valence-electron chi connectivity index (χ2n) is 6.71. The second-order valence-corrected chi connectivity index (χ2v) is 9.08. The van der Waals surface area contributed by atoms with Gasteiger partial charge in [0.1, 0.15) is 5.00 Å². The fourth-order valence-electron chi connectivity index (χ4n) is 3.10. The number of benzene rings is 1. The molecule has 1 aromatic carbocycles. The van der Waals surface area contributed by atoms with Crippen molar-refractivity contribution in [3.05, 3.63) is 45.3 Å². The number of rotatable bonds is 9. The van der Waals surface area contributed by atoms with E-state index < -0.39 is 11.9 Å². The molecule has 2 heterocycles. The van der Waals surface area contributed by atoms with Gasteiger partial charge in [-0.3, -0.25) is 9.59 Å². The molecule has 0 aliphatic carbocycles. The van der Waals surface area contributed by atoms with Crippen LogP contribution in [0, 0.1) is 6.92 Å². The van der Waals surface area contributed by atoms with E-state index in [0.717, 1.165) is 16.9 Å². The van der Waals surface area contributed by atoms with Crippen LogP contribution in [0.4, 0.5) is 5.00 Å². The molecule has 0 bridgehead atoms. The molecular weight excluding hydrogens is 486 g/mol. The molecule has 0 atom stereocenters. The highest BCUT2D eigenvalue weighted by atomic mass is 35.5. The molecule has 0 saturated heterocycles. The number of nitrogens with two attached hydrogens (primary N) is 1. The third-order valence-corrected chi connectivity index (χ3v) is 7.10. The summed E-state index contributed by atoms with van der Waals surface area (Å²) in [5.41, 5.74) is 6.66. The van der Waals surface area contributed by atoms with Crippen LogP contribution in [0.2, 0.25) is 5.02 Å². The highest BCUT2D eigenvalue weighted by Crippen LogP contribution is 2.34. The Kier molecular flexibility index (Phi) is 8.11. The summed E-state index contributed by atoms with van der Waals surface area (Å²) >= 11 is 8.43. The van der Waals surface area contributed by atoms with Gasteiger partial charge in [-0.25, -0.2) is 4.79 Å². The molecule has 3 N–H and O–H groups in total. The van der Waals surface area contributed by atoms with Crippen LogP contribution < -0.4 is 11.1 Å². The quantitative estimate of drug-likeness (QED) is 0.331. The van der Waals surface area contributed by atoms with Crippen LogP contribution in [0.3, 0.4) is 0 Å². The summed E-state index contributed by atoms with van der Waals surface area (Å²) in [7, 11) is 0. The number of esters is 1. The van der Waals surface area contributed by atoms with Crippen molar-refractivity contribution in [3.63, 3.8) is 0 Å². The molecule has 0 fully saturated rings. The Morgan fingerprint density at radius 2 is 1.97 bits per heavy atom. The molecule has 0 unspecified atom stereocenters. The van der Waals surface area contributed by atoms with Crippen LogP contribution in [0.25, 0.3) is 11.4 Å². The molecule has 9 nitrogen and oxygen atoms in total. The standard InChI is InChI=1S/C21H22ClN5O4S2/c1-4-27-18(12-8-6-7-9-13(12)22)25-26-21(27)32-10-14(28)24-19-15(20(30)31-5-2)11(3)16(33-19)17(23)29/h6-9H,4-5,10H2,1-3H3,(H2,23,29)(H,24,28). The van der Waals surface area contributed by atoms with Gasteiger partial charge in [0.25, 0.3) is 5.91 Å². The lowest BCUT2D eigenvalue weighted by Gasteiger charge is -2.09. The number of anilines is 1.